The third-order valence-electron chi connectivity index (χ3n) is 0.797. The van der Waals surface area contributed by atoms with Crippen LogP contribution in [0.3, 0.4) is 0 Å². The van der Waals surface area contributed by atoms with Gasteiger partial charge in [0.15, 0.2) is 0 Å². The molecule has 0 aliphatic carbocycles. The molecule has 0 aliphatic heterocycles. The van der Waals surface area contributed by atoms with Gasteiger partial charge in [0.25, 0.3) is 0 Å². The lowest BCUT2D eigenvalue weighted by molar-refractivity contribution is -0.0935. The van der Waals surface area contributed by atoms with E-state index in [4.69, 9.17) is 0 Å². The molecule has 1 N–H and O–H groups in total. The first kappa shape index (κ1) is 10.7. The van der Waals surface area contributed by atoms with Gasteiger partial charge in [-0.25, -0.2) is 0 Å². The quantitative estimate of drug-likeness (QED) is 0.467. The second-order valence-electron chi connectivity index (χ2n) is 1.58. The minimum atomic E-state index is -4.33. The molecule has 0 rings (SSSR count). The average molecular weight is 278 g/mol. The van der Waals surface area contributed by atoms with Crippen LogP contribution in [0.1, 0.15) is 0 Å². The predicted molar refractivity (Wildman–Crippen MR) is 45.7 cm³/mol. The normalized spacial score (nSPS) is 14.1. The highest BCUT2D eigenvalue weighted by atomic mass is 127. The highest BCUT2D eigenvalue weighted by Crippen LogP contribution is 2.23. The topological polar surface area (TPSA) is 24.4 Å². The van der Waals surface area contributed by atoms with Gasteiger partial charge in [0.1, 0.15) is 5.70 Å². The lowest BCUT2D eigenvalue weighted by atomic mass is 10.4. The third-order valence-corrected chi connectivity index (χ3v) is 1.38. The van der Waals surface area contributed by atoms with E-state index in [0.29, 0.717) is 0 Å². The molecule has 0 saturated heterocycles. The number of rotatable bonds is 2. The van der Waals surface area contributed by atoms with Crippen LogP contribution in [-0.2, 0) is 0 Å². The lowest BCUT2D eigenvalue weighted by Gasteiger charge is -2.07. The highest BCUT2D eigenvalue weighted by molar-refractivity contribution is 14.1. The first-order chi connectivity index (χ1) is 5.02. The zero-order chi connectivity index (χ0) is 8.91. The van der Waals surface area contributed by atoms with Crippen LogP contribution in [-0.4, -0.2) is 19.4 Å². The summed E-state index contributed by atoms with van der Waals surface area (Å²) in [5.74, 6) is 0. The van der Waals surface area contributed by atoms with E-state index in [0.717, 1.165) is 12.3 Å². The van der Waals surface area contributed by atoms with Crippen molar-refractivity contribution in [3.05, 3.63) is 11.8 Å². The molecule has 0 heterocycles. The van der Waals surface area contributed by atoms with E-state index in [2.05, 4.69) is 4.99 Å². The molecule has 64 valence electrons. The van der Waals surface area contributed by atoms with Crippen LogP contribution in [0.15, 0.2) is 16.8 Å². The van der Waals surface area contributed by atoms with Gasteiger partial charge in [0.05, 0.1) is 22.9 Å². The molecule has 0 aromatic rings. The number of allylic oxidation sites excluding steroid dienone is 2. The molecule has 2 nitrogen and oxygen atoms in total. The van der Waals surface area contributed by atoms with Gasteiger partial charge < -0.3 is 3.53 Å². The maximum Gasteiger partial charge on any atom is 0.431 e. The minimum Gasteiger partial charge on any atom is -0.324 e. The number of nitrogens with one attached hydrogen (secondary N) is 1. The Balaban J connectivity index is 4.40. The fraction of sp³-hybridized carbons (Fsp3) is 0.400. The molecule has 0 bridgehead atoms. The van der Waals surface area contributed by atoms with Gasteiger partial charge in [-0.15, -0.1) is 0 Å². The number of hydrogen-bond acceptors (Lipinski definition) is 2. The molecule has 0 spiro atoms. The van der Waals surface area contributed by atoms with Crippen molar-refractivity contribution in [2.45, 2.75) is 6.18 Å². The SMILES string of the molecule is CN=CC=C(NI)C(F)(F)F. The fourth-order valence-corrected chi connectivity index (χ4v) is 0.814. The highest BCUT2D eigenvalue weighted by Gasteiger charge is 2.32. The standard InChI is InChI=1S/C5H6F3IN2/c1-10-3-2-4(11-9)5(6,7)8/h2-3,11H,1H3. The van der Waals surface area contributed by atoms with Crippen LogP contribution in [0.5, 0.6) is 0 Å². The van der Waals surface area contributed by atoms with Crippen LogP contribution >= 0.6 is 22.9 Å². The Labute approximate surface area is 76.1 Å². The van der Waals surface area contributed by atoms with E-state index in [-0.39, 0.29) is 0 Å². The summed E-state index contributed by atoms with van der Waals surface area (Å²) in [7, 11) is 1.40. The number of hydrogen-bond donors (Lipinski definition) is 1. The molecule has 11 heavy (non-hydrogen) atoms. The maximum absolute atomic E-state index is 11.8. The van der Waals surface area contributed by atoms with E-state index < -0.39 is 11.9 Å². The first-order valence-corrected chi connectivity index (χ1v) is 3.66. The van der Waals surface area contributed by atoms with Crippen molar-refractivity contribution < 1.29 is 13.2 Å². The van der Waals surface area contributed by atoms with E-state index in [1.807, 2.05) is 3.53 Å². The summed E-state index contributed by atoms with van der Waals surface area (Å²) in [6.07, 6.45) is -2.39. The van der Waals surface area contributed by atoms with Crippen molar-refractivity contribution in [3.63, 3.8) is 0 Å². The Morgan fingerprint density at radius 3 is 2.36 bits per heavy atom. The van der Waals surface area contributed by atoms with Crippen molar-refractivity contribution in [2.75, 3.05) is 7.05 Å². The van der Waals surface area contributed by atoms with Crippen molar-refractivity contribution in [1.29, 1.82) is 0 Å². The van der Waals surface area contributed by atoms with Crippen molar-refractivity contribution >= 4 is 29.1 Å². The van der Waals surface area contributed by atoms with Gasteiger partial charge in [-0.2, -0.15) is 13.2 Å². The van der Waals surface area contributed by atoms with Gasteiger partial charge in [-0.1, -0.05) is 0 Å². The van der Waals surface area contributed by atoms with E-state index in [1.54, 1.807) is 0 Å². The molecule has 0 saturated carbocycles. The number of aliphatic imine (C=N–C) groups is 1. The zero-order valence-corrected chi connectivity index (χ0v) is 7.77. The van der Waals surface area contributed by atoms with Crippen LogP contribution in [0.2, 0.25) is 0 Å². The van der Waals surface area contributed by atoms with Crippen LogP contribution in [0.4, 0.5) is 13.2 Å². The monoisotopic (exact) mass is 278 g/mol. The molecule has 0 radical (unpaired) electrons. The molecule has 0 amide bonds. The van der Waals surface area contributed by atoms with Crippen LogP contribution in [0.25, 0.3) is 0 Å². The lowest BCUT2D eigenvalue weighted by Crippen LogP contribution is -2.19. The zero-order valence-electron chi connectivity index (χ0n) is 5.61. The summed E-state index contributed by atoms with van der Waals surface area (Å²) < 4.78 is 37.5. The number of halogens is 4. The van der Waals surface area contributed by atoms with Crippen LogP contribution in [0, 0.1) is 0 Å². The van der Waals surface area contributed by atoms with Gasteiger partial charge in [-0.3, -0.25) is 4.99 Å². The summed E-state index contributed by atoms with van der Waals surface area (Å²) in [6.45, 7) is 0. The summed E-state index contributed by atoms with van der Waals surface area (Å²) in [5, 5.41) is 0. The fourth-order valence-electron chi connectivity index (χ4n) is 0.329. The summed E-state index contributed by atoms with van der Waals surface area (Å²) in [6, 6.07) is 0. The summed E-state index contributed by atoms with van der Waals surface area (Å²) >= 11 is 1.41. The molecule has 0 aliphatic rings. The molecular formula is C5H6F3IN2. The molecule has 6 heteroatoms. The van der Waals surface area contributed by atoms with Gasteiger partial charge >= 0.3 is 6.18 Å². The van der Waals surface area contributed by atoms with Crippen molar-refractivity contribution in [3.8, 4) is 0 Å². The van der Waals surface area contributed by atoms with Gasteiger partial charge in [0, 0.05) is 13.3 Å². The van der Waals surface area contributed by atoms with E-state index in [1.165, 1.54) is 29.9 Å². The molecule has 0 fully saturated rings. The van der Waals surface area contributed by atoms with E-state index >= 15 is 0 Å². The number of alkyl halides is 3. The Morgan fingerprint density at radius 2 is 2.09 bits per heavy atom. The molecular weight excluding hydrogens is 272 g/mol. The average Bonchev–Trinajstić information content (AvgIpc) is 1.87. The van der Waals surface area contributed by atoms with Gasteiger partial charge in [0.2, 0.25) is 0 Å². The third kappa shape index (κ3) is 4.23. The largest absolute Gasteiger partial charge is 0.431 e. The van der Waals surface area contributed by atoms with Crippen molar-refractivity contribution in [1.82, 2.24) is 3.53 Å². The smallest absolute Gasteiger partial charge is 0.324 e. The predicted octanol–water partition coefficient (Wildman–Crippen LogP) is 2.07. The maximum atomic E-state index is 11.8. The summed E-state index contributed by atoms with van der Waals surface area (Å²) in [5.41, 5.74) is -0.816. The molecule has 0 aromatic carbocycles. The van der Waals surface area contributed by atoms with Crippen molar-refractivity contribution in [2.24, 2.45) is 4.99 Å². The van der Waals surface area contributed by atoms with Crippen LogP contribution < -0.4 is 3.53 Å². The Morgan fingerprint density at radius 1 is 1.55 bits per heavy atom. The Bertz CT molecular complexity index is 173. The Hall–Kier alpha value is -0.270. The second kappa shape index (κ2) is 4.58. The molecule has 0 aromatic heterocycles. The number of nitrogens with zero attached hydrogens (tertiary/aromatic N) is 1. The minimum absolute atomic E-state index is 0.816. The molecule has 0 atom stereocenters. The van der Waals surface area contributed by atoms with E-state index in [9.17, 15) is 13.2 Å². The second-order valence-corrected chi connectivity index (χ2v) is 2.12. The van der Waals surface area contributed by atoms with Gasteiger partial charge in [-0.05, 0) is 6.08 Å². The molecule has 0 unspecified atom stereocenters. The Kier molecular flexibility index (Phi) is 4.46. The first-order valence-electron chi connectivity index (χ1n) is 2.58. The summed E-state index contributed by atoms with van der Waals surface area (Å²) in [4.78, 5) is 3.39.